The molecule has 1 saturated carbocycles. The number of anilines is 1. The number of hydrogen-bond acceptors (Lipinski definition) is 5. The Morgan fingerprint density at radius 1 is 0.897 bits per heavy atom. The Morgan fingerprint density at radius 3 is 2.41 bits per heavy atom. The summed E-state index contributed by atoms with van der Waals surface area (Å²) in [5.41, 5.74) is 5.06. The molecule has 2 amide bonds. The van der Waals surface area contributed by atoms with Gasteiger partial charge in [-0.1, -0.05) is 54.6 Å². The normalized spacial score (nSPS) is 23.3. The molecule has 3 aromatic rings. The molecule has 7 heteroatoms. The van der Waals surface area contributed by atoms with Crippen molar-refractivity contribution in [3.8, 4) is 16.9 Å². The van der Waals surface area contributed by atoms with Crippen LogP contribution in [0.1, 0.15) is 49.1 Å². The third kappa shape index (κ3) is 6.00. The summed E-state index contributed by atoms with van der Waals surface area (Å²) in [7, 11) is 0. The van der Waals surface area contributed by atoms with Crippen LogP contribution in [0.5, 0.6) is 5.75 Å². The van der Waals surface area contributed by atoms with Crippen molar-refractivity contribution in [2.45, 2.75) is 62.9 Å². The van der Waals surface area contributed by atoms with Crippen LogP contribution in [0.25, 0.3) is 11.1 Å². The summed E-state index contributed by atoms with van der Waals surface area (Å²) in [6.45, 7) is 0.248. The molecule has 202 valence electrons. The number of ether oxygens (including phenoxy) is 2. The average Bonchev–Trinajstić information content (AvgIpc) is 3.70. The Balaban J connectivity index is 1.06. The van der Waals surface area contributed by atoms with Crippen molar-refractivity contribution in [2.24, 2.45) is 5.92 Å². The number of fused-ring (bicyclic) bond motifs is 3. The van der Waals surface area contributed by atoms with Gasteiger partial charge in [0.05, 0.1) is 19.1 Å². The molecule has 4 atom stereocenters. The van der Waals surface area contributed by atoms with Gasteiger partial charge in [-0.05, 0) is 60.1 Å². The van der Waals surface area contributed by atoms with E-state index in [1.54, 1.807) is 0 Å². The predicted molar refractivity (Wildman–Crippen MR) is 148 cm³/mol. The first-order chi connectivity index (χ1) is 19.1. The monoisotopic (exact) mass is 526 g/mol. The second-order valence-corrected chi connectivity index (χ2v) is 10.9. The van der Waals surface area contributed by atoms with Gasteiger partial charge in [0.2, 0.25) is 11.8 Å². The van der Waals surface area contributed by atoms with Gasteiger partial charge in [0.1, 0.15) is 18.0 Å². The summed E-state index contributed by atoms with van der Waals surface area (Å²) < 4.78 is 12.3. The van der Waals surface area contributed by atoms with Crippen molar-refractivity contribution in [3.63, 3.8) is 0 Å². The van der Waals surface area contributed by atoms with E-state index in [-0.39, 0.29) is 43.0 Å². The zero-order valence-corrected chi connectivity index (χ0v) is 21.8. The van der Waals surface area contributed by atoms with E-state index in [2.05, 4.69) is 34.9 Å². The summed E-state index contributed by atoms with van der Waals surface area (Å²) in [4.78, 5) is 25.2. The molecular formula is C32H34N2O5. The van der Waals surface area contributed by atoms with Crippen LogP contribution in [-0.2, 0) is 20.9 Å². The fraction of sp³-hybridized carbons (Fsp3) is 0.375. The van der Waals surface area contributed by atoms with Gasteiger partial charge in [-0.2, -0.15) is 0 Å². The minimum absolute atomic E-state index is 0.0190. The first-order valence-corrected chi connectivity index (χ1v) is 13.8. The number of nitrogens with one attached hydrogen (secondary N) is 2. The van der Waals surface area contributed by atoms with Gasteiger partial charge < -0.3 is 25.2 Å². The topological polar surface area (TPSA) is 96.9 Å². The molecule has 0 bridgehead atoms. The van der Waals surface area contributed by atoms with Crippen molar-refractivity contribution in [1.29, 1.82) is 0 Å². The van der Waals surface area contributed by atoms with Crippen LogP contribution >= 0.6 is 0 Å². The van der Waals surface area contributed by atoms with E-state index < -0.39 is 6.10 Å². The maximum atomic E-state index is 12.8. The Hall–Kier alpha value is -3.68. The highest BCUT2D eigenvalue weighted by molar-refractivity contribution is 5.91. The van der Waals surface area contributed by atoms with E-state index in [0.29, 0.717) is 25.3 Å². The standard InChI is InChI=1S/C32H34N2O5/c35-19-29-32-27(26-15-24(12-13-28(26)39-32)34-31(37)14-20-6-7-20)16-25(38-29)17-30(36)33-18-21-8-10-23(11-9-21)22-4-2-1-3-5-22/h1-5,8-13,15,20,25,27,29,32,35H,6-7,14,16-19H2,(H,33,36)(H,34,37)/t25-,27+,29-,32-/m0/s1. The molecular weight excluding hydrogens is 492 g/mol. The lowest BCUT2D eigenvalue weighted by Crippen LogP contribution is -2.47. The summed E-state index contributed by atoms with van der Waals surface area (Å²) in [6, 6.07) is 24.1. The highest BCUT2D eigenvalue weighted by Crippen LogP contribution is 2.47. The van der Waals surface area contributed by atoms with Gasteiger partial charge in [-0.25, -0.2) is 0 Å². The lowest BCUT2D eigenvalue weighted by Gasteiger charge is -2.37. The van der Waals surface area contributed by atoms with Crippen LogP contribution in [0.15, 0.2) is 72.8 Å². The molecule has 0 unspecified atom stereocenters. The van der Waals surface area contributed by atoms with Crippen molar-refractivity contribution in [1.82, 2.24) is 5.32 Å². The molecule has 7 nitrogen and oxygen atoms in total. The Labute approximate surface area is 228 Å². The molecule has 39 heavy (non-hydrogen) atoms. The van der Waals surface area contributed by atoms with Gasteiger partial charge in [0.15, 0.2) is 0 Å². The zero-order chi connectivity index (χ0) is 26.8. The quantitative estimate of drug-likeness (QED) is 0.373. The Kier molecular flexibility index (Phi) is 7.35. The number of carbonyl (C=O) groups excluding carboxylic acids is 2. The molecule has 1 saturated heterocycles. The third-order valence-corrected chi connectivity index (χ3v) is 7.92. The molecule has 6 rings (SSSR count). The van der Waals surface area contributed by atoms with Crippen molar-refractivity contribution >= 4 is 17.5 Å². The van der Waals surface area contributed by atoms with Crippen LogP contribution in [0.4, 0.5) is 5.69 Å². The van der Waals surface area contributed by atoms with Gasteiger partial charge in [0.25, 0.3) is 0 Å². The second kappa shape index (κ2) is 11.2. The molecule has 2 fully saturated rings. The SMILES string of the molecule is O=C(C[C@@H]1C[C@@H]2c3cc(NC(=O)CC4CC4)ccc3O[C@@H]2[C@H](CO)O1)NCc1ccc(-c2ccccc2)cc1. The first kappa shape index (κ1) is 25.6. The molecule has 1 aliphatic carbocycles. The molecule has 0 radical (unpaired) electrons. The third-order valence-electron chi connectivity index (χ3n) is 7.92. The van der Waals surface area contributed by atoms with Crippen LogP contribution in [0.2, 0.25) is 0 Å². The molecule has 3 aromatic carbocycles. The van der Waals surface area contributed by atoms with Crippen molar-refractivity contribution < 1.29 is 24.2 Å². The van der Waals surface area contributed by atoms with E-state index >= 15 is 0 Å². The number of carbonyl (C=O) groups is 2. The average molecular weight is 527 g/mol. The summed E-state index contributed by atoms with van der Waals surface area (Å²) in [5, 5.41) is 16.0. The Morgan fingerprint density at radius 2 is 1.67 bits per heavy atom. The van der Waals surface area contributed by atoms with E-state index in [0.717, 1.165) is 46.5 Å². The van der Waals surface area contributed by atoms with E-state index in [4.69, 9.17) is 9.47 Å². The number of aliphatic hydroxyl groups is 1. The second-order valence-electron chi connectivity index (χ2n) is 10.9. The fourth-order valence-electron chi connectivity index (χ4n) is 5.69. The molecule has 2 heterocycles. The predicted octanol–water partition coefficient (Wildman–Crippen LogP) is 4.79. The molecule has 3 N–H and O–H groups in total. The minimum atomic E-state index is -0.521. The fourth-order valence-corrected chi connectivity index (χ4v) is 5.69. The van der Waals surface area contributed by atoms with Gasteiger partial charge in [-0.3, -0.25) is 9.59 Å². The number of hydrogen-bond donors (Lipinski definition) is 3. The molecule has 0 aromatic heterocycles. The summed E-state index contributed by atoms with van der Waals surface area (Å²) in [5.74, 6) is 1.19. The van der Waals surface area contributed by atoms with Crippen molar-refractivity contribution in [2.75, 3.05) is 11.9 Å². The van der Waals surface area contributed by atoms with E-state index in [9.17, 15) is 14.7 Å². The van der Waals surface area contributed by atoms with Crippen molar-refractivity contribution in [3.05, 3.63) is 83.9 Å². The van der Waals surface area contributed by atoms with Gasteiger partial charge in [-0.15, -0.1) is 0 Å². The number of aliphatic hydroxyl groups excluding tert-OH is 1. The van der Waals surface area contributed by atoms with E-state index in [1.165, 1.54) is 0 Å². The number of benzene rings is 3. The zero-order valence-electron chi connectivity index (χ0n) is 21.8. The Bertz CT molecular complexity index is 1320. The van der Waals surface area contributed by atoms with Crippen LogP contribution in [0, 0.1) is 5.92 Å². The summed E-state index contributed by atoms with van der Waals surface area (Å²) in [6.07, 6.45) is 2.46. The lowest BCUT2D eigenvalue weighted by molar-refractivity contribution is -0.142. The maximum Gasteiger partial charge on any atom is 0.224 e. The lowest BCUT2D eigenvalue weighted by atomic mass is 9.84. The first-order valence-electron chi connectivity index (χ1n) is 13.8. The number of amides is 2. The van der Waals surface area contributed by atoms with E-state index in [1.807, 2.05) is 48.5 Å². The number of rotatable bonds is 9. The smallest absolute Gasteiger partial charge is 0.224 e. The molecule has 2 aliphatic heterocycles. The van der Waals surface area contributed by atoms with Gasteiger partial charge >= 0.3 is 0 Å². The summed E-state index contributed by atoms with van der Waals surface area (Å²) >= 11 is 0. The maximum absolute atomic E-state index is 12.8. The minimum Gasteiger partial charge on any atom is -0.487 e. The van der Waals surface area contributed by atoms with Crippen LogP contribution in [-0.4, -0.2) is 41.8 Å². The molecule has 3 aliphatic rings. The highest BCUT2D eigenvalue weighted by atomic mass is 16.6. The van der Waals surface area contributed by atoms with Crippen LogP contribution < -0.4 is 15.4 Å². The van der Waals surface area contributed by atoms with Crippen LogP contribution in [0.3, 0.4) is 0 Å². The largest absolute Gasteiger partial charge is 0.487 e. The molecule has 0 spiro atoms. The highest BCUT2D eigenvalue weighted by Gasteiger charge is 2.46. The van der Waals surface area contributed by atoms with Gasteiger partial charge in [0, 0.05) is 30.1 Å².